The molecule has 15 heavy (non-hydrogen) atoms. The van der Waals surface area contributed by atoms with Crippen LogP contribution in [-0.4, -0.2) is 13.6 Å². The Morgan fingerprint density at radius 1 is 1.33 bits per heavy atom. The largest absolute Gasteiger partial charge is 0.374 e. The second kappa shape index (κ2) is 6.16. The van der Waals surface area contributed by atoms with Gasteiger partial charge in [0.15, 0.2) is 0 Å². The van der Waals surface area contributed by atoms with Crippen LogP contribution in [0.15, 0.2) is 18.2 Å². The summed E-state index contributed by atoms with van der Waals surface area (Å²) in [6.45, 7) is 5.56. The van der Waals surface area contributed by atoms with Crippen molar-refractivity contribution in [2.45, 2.75) is 32.0 Å². The molecular weight excluding hydrogens is 250 g/mol. The average Bonchev–Trinajstić information content (AvgIpc) is 2.25. The molecule has 0 aliphatic rings. The lowest BCUT2D eigenvalue weighted by molar-refractivity contribution is 0.765. The minimum absolute atomic E-state index is 0.937. The topological polar surface area (TPSA) is 3.24 Å². The van der Waals surface area contributed by atoms with Crippen molar-refractivity contribution in [2.24, 2.45) is 0 Å². The number of benzene rings is 1. The summed E-state index contributed by atoms with van der Waals surface area (Å²) < 4.78 is 0. The van der Waals surface area contributed by atoms with E-state index in [4.69, 9.17) is 0 Å². The molecule has 0 amide bonds. The number of hydrogen-bond donors (Lipinski definition) is 0. The third-order valence-electron chi connectivity index (χ3n) is 2.67. The summed E-state index contributed by atoms with van der Waals surface area (Å²) in [6, 6.07) is 6.67. The second-order valence-electron chi connectivity index (χ2n) is 4.03. The van der Waals surface area contributed by atoms with Gasteiger partial charge in [0.25, 0.3) is 0 Å². The highest BCUT2D eigenvalue weighted by molar-refractivity contribution is 9.08. The SMILES string of the molecule is CCCCN(C)c1ccc(CBr)cc1C. The fraction of sp³-hybridized carbons (Fsp3) is 0.538. The van der Waals surface area contributed by atoms with Crippen molar-refractivity contribution in [1.82, 2.24) is 0 Å². The molecule has 0 aromatic heterocycles. The van der Waals surface area contributed by atoms with Crippen LogP contribution in [0.3, 0.4) is 0 Å². The maximum absolute atomic E-state index is 3.48. The minimum Gasteiger partial charge on any atom is -0.374 e. The zero-order chi connectivity index (χ0) is 11.3. The molecule has 2 heteroatoms. The molecule has 0 aliphatic carbocycles. The monoisotopic (exact) mass is 269 g/mol. The third-order valence-corrected chi connectivity index (χ3v) is 3.32. The van der Waals surface area contributed by atoms with Gasteiger partial charge in [0.1, 0.15) is 0 Å². The van der Waals surface area contributed by atoms with E-state index in [9.17, 15) is 0 Å². The number of anilines is 1. The first kappa shape index (κ1) is 12.6. The summed E-state index contributed by atoms with van der Waals surface area (Å²) >= 11 is 3.48. The van der Waals surface area contributed by atoms with Gasteiger partial charge in [0, 0.05) is 24.6 Å². The second-order valence-corrected chi connectivity index (χ2v) is 4.59. The molecule has 1 rings (SSSR count). The van der Waals surface area contributed by atoms with E-state index in [-0.39, 0.29) is 0 Å². The molecule has 1 aromatic carbocycles. The number of aryl methyl sites for hydroxylation is 1. The van der Waals surface area contributed by atoms with Gasteiger partial charge in [-0.2, -0.15) is 0 Å². The number of rotatable bonds is 5. The first-order valence-electron chi connectivity index (χ1n) is 5.55. The lowest BCUT2D eigenvalue weighted by atomic mass is 10.1. The Kier molecular flexibility index (Phi) is 5.16. The fourth-order valence-electron chi connectivity index (χ4n) is 1.74. The summed E-state index contributed by atoms with van der Waals surface area (Å²) in [5.74, 6) is 0. The van der Waals surface area contributed by atoms with Crippen molar-refractivity contribution in [1.29, 1.82) is 0 Å². The summed E-state index contributed by atoms with van der Waals surface area (Å²) in [5, 5.41) is 0.937. The van der Waals surface area contributed by atoms with Crippen LogP contribution >= 0.6 is 15.9 Å². The zero-order valence-electron chi connectivity index (χ0n) is 9.89. The van der Waals surface area contributed by atoms with Crippen molar-refractivity contribution >= 4 is 21.6 Å². The predicted molar refractivity (Wildman–Crippen MR) is 72.0 cm³/mol. The van der Waals surface area contributed by atoms with E-state index in [0.717, 1.165) is 11.9 Å². The number of hydrogen-bond acceptors (Lipinski definition) is 1. The number of nitrogens with zero attached hydrogens (tertiary/aromatic N) is 1. The van der Waals surface area contributed by atoms with Crippen molar-refractivity contribution < 1.29 is 0 Å². The van der Waals surface area contributed by atoms with Gasteiger partial charge in [-0.1, -0.05) is 41.4 Å². The van der Waals surface area contributed by atoms with Crippen molar-refractivity contribution in [3.05, 3.63) is 29.3 Å². The van der Waals surface area contributed by atoms with Gasteiger partial charge < -0.3 is 4.90 Å². The van der Waals surface area contributed by atoms with Gasteiger partial charge in [-0.3, -0.25) is 0 Å². The molecule has 0 bridgehead atoms. The van der Waals surface area contributed by atoms with E-state index in [2.05, 4.69) is 59.9 Å². The van der Waals surface area contributed by atoms with Crippen molar-refractivity contribution in [3.63, 3.8) is 0 Å². The Labute approximate surface area is 102 Å². The molecule has 84 valence electrons. The fourth-order valence-corrected chi connectivity index (χ4v) is 2.09. The van der Waals surface area contributed by atoms with Crippen molar-refractivity contribution in [2.75, 3.05) is 18.5 Å². The summed E-state index contributed by atoms with van der Waals surface area (Å²) in [4.78, 5) is 2.34. The molecule has 0 atom stereocenters. The highest BCUT2D eigenvalue weighted by atomic mass is 79.9. The molecule has 0 aliphatic heterocycles. The molecule has 0 radical (unpaired) electrons. The van der Waals surface area contributed by atoms with Crippen LogP contribution < -0.4 is 4.90 Å². The number of alkyl halides is 1. The minimum atomic E-state index is 0.937. The number of unbranched alkanes of at least 4 members (excludes halogenated alkanes) is 1. The highest BCUT2D eigenvalue weighted by Crippen LogP contribution is 2.21. The molecular formula is C13H20BrN. The van der Waals surface area contributed by atoms with Crippen molar-refractivity contribution in [3.8, 4) is 0 Å². The van der Waals surface area contributed by atoms with Gasteiger partial charge in [0.2, 0.25) is 0 Å². The van der Waals surface area contributed by atoms with E-state index < -0.39 is 0 Å². The first-order chi connectivity index (χ1) is 7.19. The Bertz CT molecular complexity index is 309. The normalized spacial score (nSPS) is 10.4. The Hall–Kier alpha value is -0.500. The molecule has 0 unspecified atom stereocenters. The Morgan fingerprint density at radius 2 is 2.07 bits per heavy atom. The van der Waals surface area contributed by atoms with Crippen LogP contribution in [0, 0.1) is 6.92 Å². The standard InChI is InChI=1S/C13H20BrN/c1-4-5-8-15(3)13-7-6-12(10-14)9-11(13)2/h6-7,9H,4-5,8,10H2,1-3H3. The van der Waals surface area contributed by atoms with Gasteiger partial charge in [-0.15, -0.1) is 0 Å². The van der Waals surface area contributed by atoms with E-state index in [1.807, 2.05) is 0 Å². The molecule has 0 saturated heterocycles. The van der Waals surface area contributed by atoms with E-state index >= 15 is 0 Å². The highest BCUT2D eigenvalue weighted by Gasteiger charge is 2.04. The van der Waals surface area contributed by atoms with Crippen LogP contribution in [0.2, 0.25) is 0 Å². The Balaban J connectivity index is 2.76. The summed E-state index contributed by atoms with van der Waals surface area (Å²) in [5.41, 5.74) is 4.07. The maximum atomic E-state index is 3.48. The van der Waals surface area contributed by atoms with Gasteiger partial charge in [-0.05, 0) is 30.5 Å². The average molecular weight is 270 g/mol. The third kappa shape index (κ3) is 3.53. The van der Waals surface area contributed by atoms with Gasteiger partial charge in [0.05, 0.1) is 0 Å². The van der Waals surface area contributed by atoms with Gasteiger partial charge in [-0.25, -0.2) is 0 Å². The number of halogens is 1. The molecule has 0 heterocycles. The maximum Gasteiger partial charge on any atom is 0.0393 e. The van der Waals surface area contributed by atoms with E-state index in [0.29, 0.717) is 0 Å². The lowest BCUT2D eigenvalue weighted by Gasteiger charge is -2.21. The van der Waals surface area contributed by atoms with E-state index in [1.54, 1.807) is 0 Å². The first-order valence-corrected chi connectivity index (χ1v) is 6.67. The molecule has 0 saturated carbocycles. The van der Waals surface area contributed by atoms with Gasteiger partial charge >= 0.3 is 0 Å². The molecule has 0 N–H and O–H groups in total. The zero-order valence-corrected chi connectivity index (χ0v) is 11.5. The van der Waals surface area contributed by atoms with Crippen LogP contribution in [-0.2, 0) is 5.33 Å². The van der Waals surface area contributed by atoms with Crippen LogP contribution in [0.1, 0.15) is 30.9 Å². The molecule has 0 spiro atoms. The quantitative estimate of drug-likeness (QED) is 0.727. The smallest absolute Gasteiger partial charge is 0.0393 e. The Morgan fingerprint density at radius 3 is 2.60 bits per heavy atom. The van der Waals surface area contributed by atoms with Crippen LogP contribution in [0.25, 0.3) is 0 Å². The summed E-state index contributed by atoms with van der Waals surface area (Å²) in [7, 11) is 2.17. The predicted octanol–water partition coefficient (Wildman–Crippen LogP) is 4.13. The lowest BCUT2D eigenvalue weighted by Crippen LogP contribution is -2.19. The molecule has 1 nitrogen and oxygen atoms in total. The van der Waals surface area contributed by atoms with Crippen LogP contribution in [0.4, 0.5) is 5.69 Å². The molecule has 0 fully saturated rings. The van der Waals surface area contributed by atoms with Crippen LogP contribution in [0.5, 0.6) is 0 Å². The summed E-state index contributed by atoms with van der Waals surface area (Å²) in [6.07, 6.45) is 2.51. The molecule has 1 aromatic rings. The van der Waals surface area contributed by atoms with E-state index in [1.165, 1.54) is 29.7 Å².